The van der Waals surface area contributed by atoms with E-state index < -0.39 is 29.3 Å². The molecule has 4 nitrogen and oxygen atoms in total. The molecule has 21 heavy (non-hydrogen) atoms. The van der Waals surface area contributed by atoms with Gasteiger partial charge in [0, 0.05) is 10.5 Å². The van der Waals surface area contributed by atoms with Gasteiger partial charge in [0.2, 0.25) is 6.54 Å². The lowest BCUT2D eigenvalue weighted by Gasteiger charge is -2.17. The maximum absolute atomic E-state index is 14.5. The number of benzene rings is 2. The van der Waals surface area contributed by atoms with E-state index in [-0.39, 0.29) is 5.56 Å². The first-order valence-corrected chi connectivity index (χ1v) is 6.49. The van der Waals surface area contributed by atoms with Gasteiger partial charge in [-0.25, -0.2) is 4.39 Å². The number of Topliss-reactive ketones (excluding diaryl/α,β-unsaturated/α-hetero) is 1. The van der Waals surface area contributed by atoms with Crippen LogP contribution in [0.5, 0.6) is 0 Å². The molecule has 108 valence electrons. The van der Waals surface area contributed by atoms with E-state index in [1.807, 2.05) is 0 Å². The number of hydrogen-bond donors (Lipinski definition) is 0. The number of nitrogens with zero attached hydrogens (tertiary/aromatic N) is 1. The standard InChI is InChI=1S/C16H14FNO3/c17-15(16(19)13-9-5-2-6-10-13)14(11-18(20)21)12-7-3-1-4-8-12/h1-10,14-15H,11H2/t14-,15-/m0/s1. The van der Waals surface area contributed by atoms with Gasteiger partial charge < -0.3 is 0 Å². The topological polar surface area (TPSA) is 60.2 Å². The van der Waals surface area contributed by atoms with Crippen LogP contribution < -0.4 is 0 Å². The number of rotatable bonds is 6. The van der Waals surface area contributed by atoms with Gasteiger partial charge in [-0.2, -0.15) is 0 Å². The molecular formula is C16H14FNO3. The Hall–Kier alpha value is -2.56. The van der Waals surface area contributed by atoms with Crippen LogP contribution in [0.1, 0.15) is 21.8 Å². The van der Waals surface area contributed by atoms with Crippen LogP contribution in [0.4, 0.5) is 4.39 Å². The number of hydrogen-bond acceptors (Lipinski definition) is 3. The third-order valence-electron chi connectivity index (χ3n) is 3.24. The van der Waals surface area contributed by atoms with E-state index in [4.69, 9.17) is 0 Å². The van der Waals surface area contributed by atoms with Gasteiger partial charge in [-0.1, -0.05) is 60.7 Å². The monoisotopic (exact) mass is 287 g/mol. The van der Waals surface area contributed by atoms with Crippen molar-refractivity contribution in [3.8, 4) is 0 Å². The normalized spacial score (nSPS) is 13.4. The minimum atomic E-state index is -1.94. The van der Waals surface area contributed by atoms with E-state index >= 15 is 0 Å². The van der Waals surface area contributed by atoms with Crippen molar-refractivity contribution in [3.05, 3.63) is 81.9 Å². The number of nitro groups is 1. The van der Waals surface area contributed by atoms with Crippen LogP contribution in [-0.2, 0) is 0 Å². The van der Waals surface area contributed by atoms with Crippen LogP contribution in [-0.4, -0.2) is 23.4 Å². The smallest absolute Gasteiger partial charge is 0.213 e. The fraction of sp³-hybridized carbons (Fsp3) is 0.188. The van der Waals surface area contributed by atoms with Crippen LogP contribution >= 0.6 is 0 Å². The van der Waals surface area contributed by atoms with Gasteiger partial charge in [0.05, 0.1) is 5.92 Å². The van der Waals surface area contributed by atoms with Crippen molar-refractivity contribution < 1.29 is 14.1 Å². The second-order valence-electron chi connectivity index (χ2n) is 4.66. The lowest BCUT2D eigenvalue weighted by molar-refractivity contribution is -0.484. The van der Waals surface area contributed by atoms with Crippen molar-refractivity contribution >= 4 is 5.78 Å². The average molecular weight is 287 g/mol. The number of carbonyl (C=O) groups is 1. The molecule has 0 aliphatic rings. The van der Waals surface area contributed by atoms with Gasteiger partial charge in [0.1, 0.15) is 0 Å². The largest absolute Gasteiger partial charge is 0.291 e. The molecule has 2 rings (SSSR count). The summed E-state index contributed by atoms with van der Waals surface area (Å²) < 4.78 is 14.5. The highest BCUT2D eigenvalue weighted by Crippen LogP contribution is 2.25. The van der Waals surface area contributed by atoms with E-state index in [0.29, 0.717) is 5.56 Å². The summed E-state index contributed by atoms with van der Waals surface area (Å²) in [6.07, 6.45) is -1.94. The van der Waals surface area contributed by atoms with Crippen molar-refractivity contribution in [2.45, 2.75) is 12.1 Å². The summed E-state index contributed by atoms with van der Waals surface area (Å²) in [5.74, 6) is -1.82. The van der Waals surface area contributed by atoms with Gasteiger partial charge in [-0.3, -0.25) is 14.9 Å². The minimum Gasteiger partial charge on any atom is -0.291 e. The number of halogens is 1. The predicted molar refractivity (Wildman–Crippen MR) is 76.7 cm³/mol. The maximum Gasteiger partial charge on any atom is 0.213 e. The molecule has 0 heterocycles. The summed E-state index contributed by atoms with van der Waals surface area (Å²) in [5.41, 5.74) is 0.667. The summed E-state index contributed by atoms with van der Waals surface area (Å²) in [4.78, 5) is 22.3. The zero-order valence-corrected chi connectivity index (χ0v) is 11.2. The Morgan fingerprint density at radius 1 is 1.05 bits per heavy atom. The number of alkyl halides is 1. The van der Waals surface area contributed by atoms with E-state index in [1.165, 1.54) is 12.1 Å². The van der Waals surface area contributed by atoms with Crippen LogP contribution in [0.2, 0.25) is 0 Å². The van der Waals surface area contributed by atoms with Gasteiger partial charge in [0.15, 0.2) is 12.0 Å². The molecule has 0 unspecified atom stereocenters. The highest BCUT2D eigenvalue weighted by atomic mass is 19.1. The molecular weight excluding hydrogens is 273 g/mol. The molecule has 2 atom stereocenters. The molecule has 0 aliphatic heterocycles. The SMILES string of the molecule is O=C(c1ccccc1)[C@@H](F)[C@@H](C[N+](=O)[O-])c1ccccc1. The zero-order chi connectivity index (χ0) is 15.2. The van der Waals surface area contributed by atoms with Crippen LogP contribution in [0.25, 0.3) is 0 Å². The first-order valence-electron chi connectivity index (χ1n) is 6.49. The molecule has 0 fully saturated rings. The number of carbonyl (C=O) groups excluding carboxylic acids is 1. The van der Waals surface area contributed by atoms with E-state index in [0.717, 1.165) is 0 Å². The first-order chi connectivity index (χ1) is 10.1. The van der Waals surface area contributed by atoms with E-state index in [2.05, 4.69) is 0 Å². The molecule has 0 saturated carbocycles. The Kier molecular flexibility index (Phi) is 4.77. The van der Waals surface area contributed by atoms with Crippen molar-refractivity contribution in [2.24, 2.45) is 0 Å². The highest BCUT2D eigenvalue weighted by molar-refractivity contribution is 6.00. The summed E-state index contributed by atoms with van der Waals surface area (Å²) in [5, 5.41) is 10.8. The van der Waals surface area contributed by atoms with E-state index in [9.17, 15) is 19.3 Å². The lowest BCUT2D eigenvalue weighted by Crippen LogP contribution is -2.29. The van der Waals surface area contributed by atoms with Crippen molar-refractivity contribution in [2.75, 3.05) is 6.54 Å². The Labute approximate surface area is 121 Å². The molecule has 0 spiro atoms. The first kappa shape index (κ1) is 14.8. The van der Waals surface area contributed by atoms with Crippen molar-refractivity contribution in [3.63, 3.8) is 0 Å². The minimum absolute atomic E-state index is 0.217. The molecule has 0 radical (unpaired) electrons. The summed E-state index contributed by atoms with van der Waals surface area (Å²) in [6, 6.07) is 16.2. The molecule has 0 bridgehead atoms. The third-order valence-corrected chi connectivity index (χ3v) is 3.24. The van der Waals surface area contributed by atoms with Gasteiger partial charge in [0.25, 0.3) is 0 Å². The second kappa shape index (κ2) is 6.74. The molecule has 2 aromatic carbocycles. The maximum atomic E-state index is 14.5. The van der Waals surface area contributed by atoms with Gasteiger partial charge >= 0.3 is 0 Å². The van der Waals surface area contributed by atoms with Crippen LogP contribution in [0.15, 0.2) is 60.7 Å². The highest BCUT2D eigenvalue weighted by Gasteiger charge is 2.33. The van der Waals surface area contributed by atoms with Crippen molar-refractivity contribution in [1.29, 1.82) is 0 Å². The summed E-state index contributed by atoms with van der Waals surface area (Å²) >= 11 is 0. The van der Waals surface area contributed by atoms with Gasteiger partial charge in [-0.15, -0.1) is 0 Å². The van der Waals surface area contributed by atoms with Gasteiger partial charge in [-0.05, 0) is 5.56 Å². The Morgan fingerprint density at radius 2 is 1.57 bits per heavy atom. The fourth-order valence-electron chi connectivity index (χ4n) is 2.17. The van der Waals surface area contributed by atoms with Crippen LogP contribution in [0.3, 0.4) is 0 Å². The molecule has 0 aliphatic carbocycles. The predicted octanol–water partition coefficient (Wildman–Crippen LogP) is 3.27. The molecule has 0 aromatic heterocycles. The molecule has 0 N–H and O–H groups in total. The Bertz CT molecular complexity index is 616. The number of ketones is 1. The third kappa shape index (κ3) is 3.72. The summed E-state index contributed by atoms with van der Waals surface area (Å²) in [7, 11) is 0. The molecule has 0 amide bonds. The lowest BCUT2D eigenvalue weighted by atomic mass is 9.90. The fourth-order valence-corrected chi connectivity index (χ4v) is 2.17. The average Bonchev–Trinajstić information content (AvgIpc) is 2.53. The zero-order valence-electron chi connectivity index (χ0n) is 11.2. The van der Waals surface area contributed by atoms with Crippen molar-refractivity contribution in [1.82, 2.24) is 0 Å². The molecule has 5 heteroatoms. The molecule has 0 saturated heterocycles. The summed E-state index contributed by atoms with van der Waals surface area (Å²) in [6.45, 7) is -0.621. The Morgan fingerprint density at radius 3 is 2.10 bits per heavy atom. The second-order valence-corrected chi connectivity index (χ2v) is 4.66. The quantitative estimate of drug-likeness (QED) is 0.465. The van der Waals surface area contributed by atoms with Crippen LogP contribution in [0, 0.1) is 10.1 Å². The molecule has 2 aromatic rings. The Balaban J connectivity index is 2.28. The van der Waals surface area contributed by atoms with E-state index in [1.54, 1.807) is 48.5 Å².